The van der Waals surface area contributed by atoms with E-state index in [2.05, 4.69) is 21.1 Å². The Morgan fingerprint density at radius 2 is 2.00 bits per heavy atom. The molecule has 1 aliphatic heterocycles. The molecular weight excluding hydrogens is 332 g/mol. The molecule has 1 aliphatic rings. The van der Waals surface area contributed by atoms with E-state index in [1.165, 1.54) is 4.31 Å². The zero-order valence-corrected chi connectivity index (χ0v) is 12.9. The molecule has 0 saturated carbocycles. The fourth-order valence-corrected chi connectivity index (χ4v) is 3.90. The molecule has 0 aromatic heterocycles. The average molecular weight is 347 g/mol. The molecule has 2 rings (SSSR count). The van der Waals surface area contributed by atoms with Gasteiger partial charge in [-0.2, -0.15) is 4.31 Å². The summed E-state index contributed by atoms with van der Waals surface area (Å²) in [5.41, 5.74) is 0.655. The molecule has 7 heteroatoms. The normalized spacial score (nSPS) is 23.7. The standard InChI is InChI=1S/C12H15BrN2O3S/c1-9-8-15(7-6-12(9)14-16)19(17,18)11-4-2-10(13)3-5-11/h2-5,9,16H,6-8H2,1H3/b14-12+. The predicted molar refractivity (Wildman–Crippen MR) is 75.9 cm³/mol. The molecular formula is C12H15BrN2O3S. The van der Waals surface area contributed by atoms with Crippen LogP contribution < -0.4 is 0 Å². The van der Waals surface area contributed by atoms with Gasteiger partial charge in [0.05, 0.1) is 10.6 Å². The monoisotopic (exact) mass is 346 g/mol. The molecule has 1 aromatic carbocycles. The highest BCUT2D eigenvalue weighted by Crippen LogP contribution is 2.23. The van der Waals surface area contributed by atoms with E-state index in [-0.39, 0.29) is 10.8 Å². The van der Waals surface area contributed by atoms with Gasteiger partial charge in [-0.15, -0.1) is 0 Å². The molecule has 0 aliphatic carbocycles. The SMILES string of the molecule is CC1CN(S(=O)(=O)c2ccc(Br)cc2)CC/C1=N\O. The molecule has 0 spiro atoms. The topological polar surface area (TPSA) is 70.0 Å². The van der Waals surface area contributed by atoms with Crippen molar-refractivity contribution < 1.29 is 13.6 Å². The highest BCUT2D eigenvalue weighted by atomic mass is 79.9. The van der Waals surface area contributed by atoms with Gasteiger partial charge >= 0.3 is 0 Å². The van der Waals surface area contributed by atoms with E-state index in [4.69, 9.17) is 5.21 Å². The van der Waals surface area contributed by atoms with Gasteiger partial charge in [-0.3, -0.25) is 0 Å². The minimum absolute atomic E-state index is 0.0658. The maximum Gasteiger partial charge on any atom is 0.243 e. The quantitative estimate of drug-likeness (QED) is 0.659. The third-order valence-corrected chi connectivity index (χ3v) is 5.65. The Kier molecular flexibility index (Phi) is 4.27. The van der Waals surface area contributed by atoms with E-state index in [1.807, 2.05) is 6.92 Å². The number of oxime groups is 1. The van der Waals surface area contributed by atoms with E-state index < -0.39 is 10.0 Å². The number of hydrogen-bond acceptors (Lipinski definition) is 4. The van der Waals surface area contributed by atoms with Crippen LogP contribution in [0.25, 0.3) is 0 Å². The van der Waals surface area contributed by atoms with Crippen LogP contribution in [0.4, 0.5) is 0 Å². The second kappa shape index (κ2) is 5.60. The first-order valence-electron chi connectivity index (χ1n) is 5.91. The second-order valence-electron chi connectivity index (χ2n) is 4.56. The van der Waals surface area contributed by atoms with Crippen molar-refractivity contribution in [2.24, 2.45) is 11.1 Å². The molecule has 1 atom stereocenters. The smallest absolute Gasteiger partial charge is 0.243 e. The van der Waals surface area contributed by atoms with Gasteiger partial charge in [-0.25, -0.2) is 8.42 Å². The maximum atomic E-state index is 12.4. The van der Waals surface area contributed by atoms with Gasteiger partial charge in [0, 0.05) is 29.9 Å². The number of rotatable bonds is 2. The van der Waals surface area contributed by atoms with Gasteiger partial charge in [0.2, 0.25) is 10.0 Å². The van der Waals surface area contributed by atoms with Crippen LogP contribution in [-0.2, 0) is 10.0 Å². The van der Waals surface area contributed by atoms with Crippen LogP contribution in [0.2, 0.25) is 0 Å². The Bertz CT molecular complexity index is 583. The first-order valence-corrected chi connectivity index (χ1v) is 8.15. The fraction of sp³-hybridized carbons (Fsp3) is 0.417. The van der Waals surface area contributed by atoms with E-state index in [1.54, 1.807) is 24.3 Å². The maximum absolute atomic E-state index is 12.4. The Hall–Kier alpha value is -0.920. The van der Waals surface area contributed by atoms with Crippen LogP contribution in [0, 0.1) is 5.92 Å². The molecule has 1 aromatic rings. The summed E-state index contributed by atoms with van der Waals surface area (Å²) in [4.78, 5) is 0.285. The van der Waals surface area contributed by atoms with Crippen molar-refractivity contribution >= 4 is 31.7 Å². The number of piperidine rings is 1. The lowest BCUT2D eigenvalue weighted by atomic mass is 10.00. The summed E-state index contributed by atoms with van der Waals surface area (Å²) < 4.78 is 27.2. The lowest BCUT2D eigenvalue weighted by Crippen LogP contribution is -2.43. The zero-order valence-electron chi connectivity index (χ0n) is 10.5. The van der Waals surface area contributed by atoms with Crippen LogP contribution >= 0.6 is 15.9 Å². The predicted octanol–water partition coefficient (Wildman–Crippen LogP) is 2.31. The first-order chi connectivity index (χ1) is 8.95. The molecule has 5 nitrogen and oxygen atoms in total. The molecule has 0 amide bonds. The van der Waals surface area contributed by atoms with Crippen molar-refractivity contribution in [3.05, 3.63) is 28.7 Å². The summed E-state index contributed by atoms with van der Waals surface area (Å²) >= 11 is 3.28. The summed E-state index contributed by atoms with van der Waals surface area (Å²) in [6.07, 6.45) is 0.466. The van der Waals surface area contributed by atoms with Gasteiger partial charge < -0.3 is 5.21 Å². The number of nitrogens with zero attached hydrogens (tertiary/aromatic N) is 2. The van der Waals surface area contributed by atoms with Gasteiger partial charge in [-0.05, 0) is 24.3 Å². The van der Waals surface area contributed by atoms with Gasteiger partial charge in [-0.1, -0.05) is 28.0 Å². The number of halogens is 1. The first kappa shape index (κ1) is 14.5. The molecule has 1 fully saturated rings. The lowest BCUT2D eigenvalue weighted by Gasteiger charge is -2.30. The van der Waals surface area contributed by atoms with Crippen LogP contribution in [0.1, 0.15) is 13.3 Å². The molecule has 104 valence electrons. The number of benzene rings is 1. The molecule has 0 bridgehead atoms. The molecule has 19 heavy (non-hydrogen) atoms. The van der Waals surface area contributed by atoms with Gasteiger partial charge in [0.15, 0.2) is 0 Å². The third-order valence-electron chi connectivity index (χ3n) is 3.24. The second-order valence-corrected chi connectivity index (χ2v) is 7.41. The summed E-state index contributed by atoms with van der Waals surface area (Å²) in [5, 5.41) is 12.0. The minimum atomic E-state index is -3.47. The number of hydrogen-bond donors (Lipinski definition) is 1. The van der Waals surface area contributed by atoms with Crippen LogP contribution in [0.5, 0.6) is 0 Å². The van der Waals surface area contributed by atoms with Crippen molar-refractivity contribution in [2.75, 3.05) is 13.1 Å². The Balaban J connectivity index is 2.24. The van der Waals surface area contributed by atoms with Crippen LogP contribution in [-0.4, -0.2) is 36.7 Å². The Morgan fingerprint density at radius 1 is 1.37 bits per heavy atom. The fourth-order valence-electron chi connectivity index (χ4n) is 2.11. The van der Waals surface area contributed by atoms with Crippen LogP contribution in [0.15, 0.2) is 38.8 Å². The molecule has 1 heterocycles. The number of sulfonamides is 1. The summed E-state index contributed by atoms with van der Waals surface area (Å²) in [5.74, 6) is -0.0658. The Labute approximate surface area is 121 Å². The van der Waals surface area contributed by atoms with Crippen LogP contribution in [0.3, 0.4) is 0 Å². The minimum Gasteiger partial charge on any atom is -0.411 e. The summed E-state index contributed by atoms with van der Waals surface area (Å²) in [6, 6.07) is 6.58. The molecule has 1 N–H and O–H groups in total. The third kappa shape index (κ3) is 2.98. The van der Waals surface area contributed by atoms with E-state index in [0.29, 0.717) is 25.2 Å². The van der Waals surface area contributed by atoms with Crippen molar-refractivity contribution in [2.45, 2.75) is 18.2 Å². The Morgan fingerprint density at radius 3 is 2.53 bits per heavy atom. The van der Waals surface area contributed by atoms with Crippen molar-refractivity contribution in [1.82, 2.24) is 4.31 Å². The van der Waals surface area contributed by atoms with Gasteiger partial charge in [0.25, 0.3) is 0 Å². The largest absolute Gasteiger partial charge is 0.411 e. The van der Waals surface area contributed by atoms with E-state index in [9.17, 15) is 8.42 Å². The van der Waals surface area contributed by atoms with E-state index in [0.717, 1.165) is 4.47 Å². The lowest BCUT2D eigenvalue weighted by molar-refractivity contribution is 0.300. The van der Waals surface area contributed by atoms with Crippen molar-refractivity contribution in [1.29, 1.82) is 0 Å². The molecule has 0 radical (unpaired) electrons. The molecule has 1 saturated heterocycles. The van der Waals surface area contributed by atoms with Crippen molar-refractivity contribution in [3.63, 3.8) is 0 Å². The highest BCUT2D eigenvalue weighted by molar-refractivity contribution is 9.10. The summed E-state index contributed by atoms with van der Waals surface area (Å²) in [7, 11) is -3.47. The average Bonchev–Trinajstić information content (AvgIpc) is 2.39. The zero-order chi connectivity index (χ0) is 14.0. The highest BCUT2D eigenvalue weighted by Gasteiger charge is 2.31. The summed E-state index contributed by atoms with van der Waals surface area (Å²) in [6.45, 7) is 2.55. The van der Waals surface area contributed by atoms with Crippen molar-refractivity contribution in [3.8, 4) is 0 Å². The molecule has 1 unspecified atom stereocenters. The van der Waals surface area contributed by atoms with E-state index >= 15 is 0 Å². The van der Waals surface area contributed by atoms with Gasteiger partial charge in [0.1, 0.15) is 0 Å².